The third kappa shape index (κ3) is 4.38. The highest BCUT2D eigenvalue weighted by molar-refractivity contribution is 6.33. The molecule has 0 saturated carbocycles. The zero-order valence-corrected chi connectivity index (χ0v) is 18.3. The fourth-order valence-electron chi connectivity index (χ4n) is 3.46. The molecule has 3 heterocycles. The molecular weight excluding hydrogens is 415 g/mol. The standard InChI is InChI=1S/C21H25ClF3N5/c1-5-7-9-29(8-6-2)17-10-13(3)27-20-18(14(4)28-30(17)20)19-16(22)11-15(12-26-19)21(23,24)25/h10-12H,5-9H2,1-4H3. The zero-order chi connectivity index (χ0) is 22.1. The van der Waals surface area contributed by atoms with Gasteiger partial charge in [-0.05, 0) is 32.8 Å². The van der Waals surface area contributed by atoms with Crippen LogP contribution in [-0.4, -0.2) is 32.7 Å². The predicted octanol–water partition coefficient (Wildman–Crippen LogP) is 6.10. The first-order valence-electron chi connectivity index (χ1n) is 10.0. The van der Waals surface area contributed by atoms with Gasteiger partial charge in [0.2, 0.25) is 0 Å². The number of nitrogens with zero attached hydrogens (tertiary/aromatic N) is 5. The summed E-state index contributed by atoms with van der Waals surface area (Å²) in [6.07, 6.45) is -0.616. The molecule has 0 spiro atoms. The third-order valence-electron chi connectivity index (χ3n) is 4.88. The van der Waals surface area contributed by atoms with E-state index in [1.807, 2.05) is 13.0 Å². The molecule has 5 nitrogen and oxygen atoms in total. The quantitative estimate of drug-likeness (QED) is 0.446. The number of rotatable bonds is 7. The second-order valence-corrected chi connectivity index (χ2v) is 7.75. The first kappa shape index (κ1) is 22.3. The number of pyridine rings is 1. The number of anilines is 1. The lowest BCUT2D eigenvalue weighted by Crippen LogP contribution is -2.27. The summed E-state index contributed by atoms with van der Waals surface area (Å²) >= 11 is 6.22. The SMILES string of the molecule is CCCCN(CCC)c1cc(C)nc2c(-c3ncc(C(F)(F)F)cc3Cl)c(C)nn12. The van der Waals surface area contributed by atoms with Crippen LogP contribution in [0.4, 0.5) is 19.0 Å². The normalized spacial score (nSPS) is 12.0. The van der Waals surface area contributed by atoms with Crippen molar-refractivity contribution in [1.82, 2.24) is 19.6 Å². The summed E-state index contributed by atoms with van der Waals surface area (Å²) in [4.78, 5) is 10.9. The largest absolute Gasteiger partial charge is 0.417 e. The summed E-state index contributed by atoms with van der Waals surface area (Å²) in [5.74, 6) is 0.908. The molecule has 9 heteroatoms. The van der Waals surface area contributed by atoms with Crippen LogP contribution in [0.3, 0.4) is 0 Å². The lowest BCUT2D eigenvalue weighted by Gasteiger charge is -2.25. The monoisotopic (exact) mass is 439 g/mol. The van der Waals surface area contributed by atoms with Gasteiger partial charge in [0.25, 0.3) is 0 Å². The van der Waals surface area contributed by atoms with Gasteiger partial charge in [-0.2, -0.15) is 22.8 Å². The Hall–Kier alpha value is -2.35. The molecule has 162 valence electrons. The summed E-state index contributed by atoms with van der Waals surface area (Å²) < 4.78 is 40.8. The van der Waals surface area contributed by atoms with E-state index in [-0.39, 0.29) is 10.7 Å². The first-order valence-corrected chi connectivity index (χ1v) is 10.4. The van der Waals surface area contributed by atoms with Gasteiger partial charge in [-0.3, -0.25) is 4.98 Å². The summed E-state index contributed by atoms with van der Waals surface area (Å²) in [6, 6.07) is 2.88. The Bertz CT molecular complexity index is 1050. The first-order chi connectivity index (χ1) is 14.2. The van der Waals surface area contributed by atoms with E-state index in [0.717, 1.165) is 56.1 Å². The van der Waals surface area contributed by atoms with Gasteiger partial charge < -0.3 is 4.90 Å². The number of halogens is 4. The highest BCUT2D eigenvalue weighted by Crippen LogP contribution is 2.37. The average Bonchev–Trinajstić information content (AvgIpc) is 2.99. The van der Waals surface area contributed by atoms with E-state index in [1.54, 1.807) is 11.4 Å². The minimum absolute atomic E-state index is 0.0796. The fourth-order valence-corrected chi connectivity index (χ4v) is 3.73. The molecule has 3 aromatic heterocycles. The summed E-state index contributed by atoms with van der Waals surface area (Å²) in [5, 5.41) is 4.57. The van der Waals surface area contributed by atoms with E-state index < -0.39 is 11.7 Å². The fraction of sp³-hybridized carbons (Fsp3) is 0.476. The van der Waals surface area contributed by atoms with Gasteiger partial charge in [0.05, 0.1) is 27.5 Å². The maximum absolute atomic E-state index is 13.0. The molecule has 30 heavy (non-hydrogen) atoms. The summed E-state index contributed by atoms with van der Waals surface area (Å²) in [6.45, 7) is 9.70. The van der Waals surface area contributed by atoms with Crippen LogP contribution < -0.4 is 4.90 Å². The molecular formula is C21H25ClF3N5. The number of alkyl halides is 3. The van der Waals surface area contributed by atoms with Crippen LogP contribution in [0, 0.1) is 13.8 Å². The van der Waals surface area contributed by atoms with Crippen LogP contribution in [-0.2, 0) is 6.18 Å². The molecule has 0 radical (unpaired) electrons. The second kappa shape index (κ2) is 8.79. The molecule has 0 aliphatic rings. The van der Waals surface area contributed by atoms with Crippen molar-refractivity contribution in [3.63, 3.8) is 0 Å². The van der Waals surface area contributed by atoms with E-state index in [0.29, 0.717) is 16.9 Å². The Morgan fingerprint density at radius 3 is 2.43 bits per heavy atom. The maximum atomic E-state index is 13.0. The minimum atomic E-state index is -4.51. The van der Waals surface area contributed by atoms with E-state index in [9.17, 15) is 13.2 Å². The molecule has 3 rings (SSSR count). The number of fused-ring (bicyclic) bond motifs is 1. The highest BCUT2D eigenvalue weighted by atomic mass is 35.5. The van der Waals surface area contributed by atoms with Crippen molar-refractivity contribution in [2.24, 2.45) is 0 Å². The van der Waals surface area contributed by atoms with E-state index in [4.69, 9.17) is 11.6 Å². The minimum Gasteiger partial charge on any atom is -0.356 e. The van der Waals surface area contributed by atoms with Gasteiger partial charge in [-0.15, -0.1) is 0 Å². The molecule has 0 amide bonds. The van der Waals surface area contributed by atoms with Crippen molar-refractivity contribution in [3.05, 3.63) is 40.3 Å². The summed E-state index contributed by atoms with van der Waals surface area (Å²) in [7, 11) is 0. The van der Waals surface area contributed by atoms with Gasteiger partial charge in [0, 0.05) is 31.0 Å². The smallest absolute Gasteiger partial charge is 0.356 e. The molecule has 0 bridgehead atoms. The number of hydrogen-bond acceptors (Lipinski definition) is 4. The van der Waals surface area contributed by atoms with Gasteiger partial charge in [-0.1, -0.05) is 31.9 Å². The molecule has 0 fully saturated rings. The topological polar surface area (TPSA) is 46.3 Å². The zero-order valence-electron chi connectivity index (χ0n) is 17.5. The van der Waals surface area contributed by atoms with Crippen molar-refractivity contribution in [1.29, 1.82) is 0 Å². The number of aromatic nitrogens is 4. The van der Waals surface area contributed by atoms with Crippen LogP contribution in [0.1, 0.15) is 50.1 Å². The van der Waals surface area contributed by atoms with Crippen LogP contribution >= 0.6 is 11.6 Å². The van der Waals surface area contributed by atoms with Crippen LogP contribution in [0.5, 0.6) is 0 Å². The van der Waals surface area contributed by atoms with Crippen molar-refractivity contribution in [2.45, 2.75) is 53.1 Å². The number of hydrogen-bond donors (Lipinski definition) is 0. The predicted molar refractivity (Wildman–Crippen MR) is 113 cm³/mol. The summed E-state index contributed by atoms with van der Waals surface area (Å²) in [5.41, 5.74) is 1.84. The van der Waals surface area contributed by atoms with Crippen LogP contribution in [0.2, 0.25) is 5.02 Å². The third-order valence-corrected chi connectivity index (χ3v) is 5.17. The van der Waals surface area contributed by atoms with Crippen LogP contribution in [0.25, 0.3) is 16.9 Å². The molecule has 0 aliphatic carbocycles. The molecule has 0 saturated heterocycles. The van der Waals surface area contributed by atoms with Gasteiger partial charge in [0.15, 0.2) is 5.65 Å². The highest BCUT2D eigenvalue weighted by Gasteiger charge is 2.32. The van der Waals surface area contributed by atoms with Gasteiger partial charge in [0.1, 0.15) is 5.82 Å². The Balaban J connectivity index is 2.19. The molecule has 0 aliphatic heterocycles. The average molecular weight is 440 g/mol. The molecule has 0 atom stereocenters. The Labute approximate surface area is 178 Å². The number of aryl methyl sites for hydroxylation is 2. The van der Waals surface area contributed by atoms with Crippen molar-refractivity contribution in [2.75, 3.05) is 18.0 Å². The van der Waals surface area contributed by atoms with E-state index >= 15 is 0 Å². The molecule has 0 aromatic carbocycles. The molecule has 3 aromatic rings. The lowest BCUT2D eigenvalue weighted by atomic mass is 10.1. The Morgan fingerprint density at radius 2 is 1.83 bits per heavy atom. The Morgan fingerprint density at radius 1 is 1.10 bits per heavy atom. The lowest BCUT2D eigenvalue weighted by molar-refractivity contribution is -0.137. The van der Waals surface area contributed by atoms with Crippen molar-refractivity contribution in [3.8, 4) is 11.3 Å². The van der Waals surface area contributed by atoms with Gasteiger partial charge >= 0.3 is 6.18 Å². The van der Waals surface area contributed by atoms with Gasteiger partial charge in [-0.25, -0.2) is 4.98 Å². The number of unbranched alkanes of at least 4 members (excludes halogenated alkanes) is 1. The molecule has 0 N–H and O–H groups in total. The van der Waals surface area contributed by atoms with E-state index in [1.165, 1.54) is 0 Å². The van der Waals surface area contributed by atoms with Crippen molar-refractivity contribution < 1.29 is 13.2 Å². The molecule has 0 unspecified atom stereocenters. The maximum Gasteiger partial charge on any atom is 0.417 e. The second-order valence-electron chi connectivity index (χ2n) is 7.34. The van der Waals surface area contributed by atoms with Crippen LogP contribution in [0.15, 0.2) is 18.3 Å². The van der Waals surface area contributed by atoms with E-state index in [2.05, 4.69) is 33.8 Å². The Kier molecular flexibility index (Phi) is 6.55. The van der Waals surface area contributed by atoms with Crippen molar-refractivity contribution >= 4 is 23.1 Å².